The fraction of sp³-hybridized carbons (Fsp3) is 0. The van der Waals surface area contributed by atoms with Crippen LogP contribution in [0.4, 0.5) is 0 Å². The van der Waals surface area contributed by atoms with E-state index >= 15 is 0 Å². The zero-order valence-electron chi connectivity index (χ0n) is 30.4. The molecule has 0 fully saturated rings. The molecule has 0 atom stereocenters. The quantitative estimate of drug-likeness (QED) is 0.176. The van der Waals surface area contributed by atoms with Crippen LogP contribution in [-0.2, 0) is 0 Å². The lowest BCUT2D eigenvalue weighted by Gasteiger charge is -2.12. The second kappa shape index (κ2) is 12.6. The van der Waals surface area contributed by atoms with Gasteiger partial charge < -0.3 is 8.98 Å². The van der Waals surface area contributed by atoms with Gasteiger partial charge in [-0.25, -0.2) is 15.0 Å². The summed E-state index contributed by atoms with van der Waals surface area (Å²) in [6.07, 6.45) is 0. The molecule has 6 heteroatoms. The standard InChI is InChI=1S/C51H30N4OS/c1-2-12-31(13-3-1)49-52-50(54-51(53-49)41-19-10-18-39-38-15-6-9-23-46(38)57-48(39)41)32-24-27-34(28-25-32)55-42-20-7-4-14-36(42)37-29-26-33(30-43(37)55)35-17-11-22-45-47(35)40-16-5-8-21-44(40)56-45/h1-30H. The monoisotopic (exact) mass is 746 g/mol. The number of hydrogen-bond acceptors (Lipinski definition) is 5. The molecule has 4 heterocycles. The van der Waals surface area contributed by atoms with Gasteiger partial charge in [0.15, 0.2) is 17.5 Å². The van der Waals surface area contributed by atoms with Crippen LogP contribution in [0.5, 0.6) is 0 Å². The van der Waals surface area contributed by atoms with Gasteiger partial charge in [-0.3, -0.25) is 0 Å². The number of furan rings is 1. The molecule has 0 radical (unpaired) electrons. The number of hydrogen-bond donors (Lipinski definition) is 0. The summed E-state index contributed by atoms with van der Waals surface area (Å²) < 4.78 is 11.1. The molecule has 12 aromatic rings. The van der Waals surface area contributed by atoms with Crippen LogP contribution in [0.1, 0.15) is 0 Å². The zero-order valence-corrected chi connectivity index (χ0v) is 31.2. The molecule has 0 spiro atoms. The first-order chi connectivity index (χ1) is 28.2. The molecule has 266 valence electrons. The smallest absolute Gasteiger partial charge is 0.165 e. The van der Waals surface area contributed by atoms with Crippen LogP contribution in [0, 0.1) is 0 Å². The number of fused-ring (bicyclic) bond motifs is 9. The Morgan fingerprint density at radius 3 is 1.88 bits per heavy atom. The molecule has 0 saturated carbocycles. The number of nitrogens with zero attached hydrogens (tertiary/aromatic N) is 4. The van der Waals surface area contributed by atoms with Gasteiger partial charge in [0.2, 0.25) is 0 Å². The van der Waals surface area contributed by atoms with E-state index in [0.29, 0.717) is 17.5 Å². The molecular formula is C51H30N4OS. The first-order valence-electron chi connectivity index (χ1n) is 19.0. The van der Waals surface area contributed by atoms with Crippen molar-refractivity contribution in [2.24, 2.45) is 0 Å². The third kappa shape index (κ3) is 5.04. The minimum Gasteiger partial charge on any atom is -0.456 e. The Kier molecular flexibility index (Phi) is 7.03. The molecule has 0 saturated heterocycles. The third-order valence-corrected chi connectivity index (χ3v) is 12.3. The largest absolute Gasteiger partial charge is 0.456 e. The summed E-state index contributed by atoms with van der Waals surface area (Å²) in [5.74, 6) is 1.94. The van der Waals surface area contributed by atoms with Gasteiger partial charge >= 0.3 is 0 Å². The van der Waals surface area contributed by atoms with Crippen molar-refractivity contribution in [2.45, 2.75) is 0 Å². The van der Waals surface area contributed by atoms with Crippen molar-refractivity contribution in [1.82, 2.24) is 19.5 Å². The predicted molar refractivity (Wildman–Crippen MR) is 236 cm³/mol. The van der Waals surface area contributed by atoms with Gasteiger partial charge in [0, 0.05) is 64.1 Å². The van der Waals surface area contributed by atoms with Crippen molar-refractivity contribution in [3.8, 4) is 51.0 Å². The maximum atomic E-state index is 6.27. The number of benzene rings is 8. The van der Waals surface area contributed by atoms with Gasteiger partial charge in [-0.2, -0.15) is 0 Å². The molecule has 0 unspecified atom stereocenters. The third-order valence-electron chi connectivity index (χ3n) is 11.1. The highest BCUT2D eigenvalue weighted by Gasteiger charge is 2.19. The lowest BCUT2D eigenvalue weighted by molar-refractivity contribution is 0.669. The highest BCUT2D eigenvalue weighted by Crippen LogP contribution is 2.41. The number of rotatable bonds is 5. The first-order valence-corrected chi connectivity index (χ1v) is 19.8. The summed E-state index contributed by atoms with van der Waals surface area (Å²) in [6, 6.07) is 63.8. The minimum absolute atomic E-state index is 0.633. The van der Waals surface area contributed by atoms with Gasteiger partial charge in [-0.15, -0.1) is 11.3 Å². The second-order valence-electron chi connectivity index (χ2n) is 14.4. The normalized spacial score (nSPS) is 11.9. The Morgan fingerprint density at radius 1 is 0.404 bits per heavy atom. The fourth-order valence-corrected chi connectivity index (χ4v) is 9.67. The minimum atomic E-state index is 0.633. The number of thiophene rings is 1. The molecular weight excluding hydrogens is 717 g/mol. The summed E-state index contributed by atoms with van der Waals surface area (Å²) in [5.41, 5.74) is 10.3. The summed E-state index contributed by atoms with van der Waals surface area (Å²) in [5, 5.41) is 7.13. The van der Waals surface area contributed by atoms with Crippen LogP contribution < -0.4 is 0 Å². The van der Waals surface area contributed by atoms with Crippen LogP contribution in [0.25, 0.3) is 115 Å². The average Bonchev–Trinajstić information content (AvgIpc) is 3.96. The van der Waals surface area contributed by atoms with E-state index in [1.54, 1.807) is 11.3 Å². The van der Waals surface area contributed by atoms with Gasteiger partial charge in [0.1, 0.15) is 11.2 Å². The Morgan fingerprint density at radius 2 is 1.02 bits per heavy atom. The van der Waals surface area contributed by atoms with Gasteiger partial charge in [0.05, 0.1) is 11.0 Å². The van der Waals surface area contributed by atoms with Crippen LogP contribution >= 0.6 is 11.3 Å². The molecule has 5 nitrogen and oxygen atoms in total. The number of aromatic nitrogens is 4. The van der Waals surface area contributed by atoms with E-state index in [0.717, 1.165) is 66.5 Å². The Hall–Kier alpha value is -7.41. The number of para-hydroxylation sites is 2. The van der Waals surface area contributed by atoms with Crippen molar-refractivity contribution < 1.29 is 4.42 Å². The van der Waals surface area contributed by atoms with Crippen molar-refractivity contribution in [3.63, 3.8) is 0 Å². The van der Waals surface area contributed by atoms with Crippen LogP contribution in [0.15, 0.2) is 186 Å². The summed E-state index contributed by atoms with van der Waals surface area (Å²) >= 11 is 1.78. The van der Waals surface area contributed by atoms with Gasteiger partial charge in [-0.1, -0.05) is 121 Å². The SMILES string of the molecule is c1ccc(-c2nc(-c3ccc(-n4c5ccccc5c5ccc(-c6cccc7oc8ccccc8c67)cc54)cc3)nc(-c3cccc4c3sc3ccccc34)n2)cc1. The summed E-state index contributed by atoms with van der Waals surface area (Å²) in [4.78, 5) is 15.3. The lowest BCUT2D eigenvalue weighted by Crippen LogP contribution is -2.00. The maximum absolute atomic E-state index is 6.27. The predicted octanol–water partition coefficient (Wildman–Crippen LogP) is 13.9. The topological polar surface area (TPSA) is 56.7 Å². The lowest BCUT2D eigenvalue weighted by atomic mass is 9.98. The van der Waals surface area contributed by atoms with Crippen molar-refractivity contribution in [1.29, 1.82) is 0 Å². The van der Waals surface area contributed by atoms with E-state index in [2.05, 4.69) is 156 Å². The van der Waals surface area contributed by atoms with Crippen LogP contribution in [-0.4, -0.2) is 19.5 Å². The molecule has 0 amide bonds. The van der Waals surface area contributed by atoms with Crippen LogP contribution in [0.3, 0.4) is 0 Å². The Balaban J connectivity index is 1.01. The molecule has 0 aliphatic carbocycles. The molecule has 8 aromatic carbocycles. The second-order valence-corrected chi connectivity index (χ2v) is 15.4. The zero-order chi connectivity index (χ0) is 37.5. The first kappa shape index (κ1) is 31.9. The molecule has 57 heavy (non-hydrogen) atoms. The highest BCUT2D eigenvalue weighted by atomic mass is 32.1. The highest BCUT2D eigenvalue weighted by molar-refractivity contribution is 7.26. The fourth-order valence-electron chi connectivity index (χ4n) is 8.46. The molecule has 0 N–H and O–H groups in total. The molecule has 0 bridgehead atoms. The molecule has 4 aromatic heterocycles. The summed E-state index contributed by atoms with van der Waals surface area (Å²) in [6.45, 7) is 0. The van der Waals surface area contributed by atoms with E-state index in [-0.39, 0.29) is 0 Å². The molecule has 0 aliphatic heterocycles. The molecule has 12 rings (SSSR count). The maximum Gasteiger partial charge on any atom is 0.165 e. The van der Waals surface area contributed by atoms with E-state index in [9.17, 15) is 0 Å². The van der Waals surface area contributed by atoms with Crippen molar-refractivity contribution >= 4 is 75.3 Å². The van der Waals surface area contributed by atoms with Gasteiger partial charge in [0.25, 0.3) is 0 Å². The van der Waals surface area contributed by atoms with Crippen molar-refractivity contribution in [3.05, 3.63) is 182 Å². The van der Waals surface area contributed by atoms with E-state index in [1.807, 2.05) is 30.3 Å². The Labute approximate surface area is 330 Å². The molecule has 0 aliphatic rings. The van der Waals surface area contributed by atoms with E-state index in [4.69, 9.17) is 19.4 Å². The van der Waals surface area contributed by atoms with E-state index in [1.165, 1.54) is 30.9 Å². The summed E-state index contributed by atoms with van der Waals surface area (Å²) in [7, 11) is 0. The van der Waals surface area contributed by atoms with Crippen LogP contribution in [0.2, 0.25) is 0 Å². The average molecular weight is 747 g/mol. The van der Waals surface area contributed by atoms with Gasteiger partial charge in [-0.05, 0) is 71.8 Å². The van der Waals surface area contributed by atoms with E-state index < -0.39 is 0 Å². The van der Waals surface area contributed by atoms with Crippen molar-refractivity contribution in [2.75, 3.05) is 0 Å². The Bertz CT molecular complexity index is 3520.